The molecule has 26 heavy (non-hydrogen) atoms. The normalized spacial score (nSPS) is 10.2. The van der Waals surface area contributed by atoms with Gasteiger partial charge in [0.25, 0.3) is 0 Å². The van der Waals surface area contributed by atoms with Crippen LogP contribution < -0.4 is 9.47 Å². The lowest BCUT2D eigenvalue weighted by Crippen LogP contribution is -2.10. The van der Waals surface area contributed by atoms with E-state index in [0.717, 1.165) is 0 Å². The van der Waals surface area contributed by atoms with Crippen LogP contribution >= 0.6 is 31.9 Å². The summed E-state index contributed by atoms with van der Waals surface area (Å²) in [7, 11) is 0. The third-order valence-corrected chi connectivity index (χ3v) is 3.99. The molecule has 130 valence electrons. The minimum absolute atomic E-state index is 0.317. The fourth-order valence-electron chi connectivity index (χ4n) is 1.95. The van der Waals surface area contributed by atoms with Crippen LogP contribution in [0.2, 0.25) is 0 Å². The molecule has 0 aliphatic carbocycles. The molecule has 0 fully saturated rings. The average Bonchev–Trinajstić information content (AvgIpc) is 2.63. The van der Waals surface area contributed by atoms with Crippen LogP contribution in [0.25, 0.3) is 0 Å². The quantitative estimate of drug-likeness (QED) is 0.408. The number of ether oxygens (including phenoxy) is 2. The number of pyridine rings is 2. The van der Waals surface area contributed by atoms with Crippen LogP contribution in [0.1, 0.15) is 20.7 Å². The van der Waals surface area contributed by atoms with E-state index >= 15 is 0 Å². The van der Waals surface area contributed by atoms with Crippen molar-refractivity contribution in [2.75, 3.05) is 0 Å². The Balaban J connectivity index is 1.65. The second-order valence-electron chi connectivity index (χ2n) is 5.03. The molecule has 3 rings (SSSR count). The highest BCUT2D eigenvalue weighted by Gasteiger charge is 2.12. The largest absolute Gasteiger partial charge is 0.423 e. The predicted octanol–water partition coefficient (Wildman–Crippen LogP) is 4.44. The van der Waals surface area contributed by atoms with Gasteiger partial charge in [-0.05, 0) is 68.3 Å². The Morgan fingerprint density at radius 1 is 0.692 bits per heavy atom. The molecule has 0 aliphatic heterocycles. The molecular weight excluding hydrogens is 468 g/mol. The zero-order valence-corrected chi connectivity index (χ0v) is 16.2. The van der Waals surface area contributed by atoms with Crippen molar-refractivity contribution in [3.63, 3.8) is 0 Å². The van der Waals surface area contributed by atoms with Gasteiger partial charge < -0.3 is 9.47 Å². The first-order chi connectivity index (χ1) is 12.5. The third-order valence-electron chi connectivity index (χ3n) is 3.13. The molecule has 0 spiro atoms. The Hall–Kier alpha value is -2.58. The summed E-state index contributed by atoms with van der Waals surface area (Å²) in [5.41, 5.74) is 0.633. The van der Waals surface area contributed by atoms with Crippen LogP contribution in [0.3, 0.4) is 0 Å². The maximum absolute atomic E-state index is 12.1. The Kier molecular flexibility index (Phi) is 5.75. The van der Waals surface area contributed by atoms with Crippen molar-refractivity contribution in [2.24, 2.45) is 0 Å². The van der Waals surface area contributed by atoms with Gasteiger partial charge in [0.2, 0.25) is 0 Å². The van der Waals surface area contributed by atoms with Gasteiger partial charge in [0.15, 0.2) is 0 Å². The molecule has 0 unspecified atom stereocenters. The molecule has 0 saturated heterocycles. The van der Waals surface area contributed by atoms with Crippen LogP contribution in [-0.4, -0.2) is 21.9 Å². The van der Waals surface area contributed by atoms with Gasteiger partial charge in [-0.25, -0.2) is 9.59 Å². The van der Waals surface area contributed by atoms with Gasteiger partial charge in [0.1, 0.15) is 11.5 Å². The van der Waals surface area contributed by atoms with Crippen molar-refractivity contribution in [2.45, 2.75) is 0 Å². The predicted molar refractivity (Wildman–Crippen MR) is 100 cm³/mol. The molecule has 0 radical (unpaired) electrons. The molecule has 0 atom stereocenters. The first-order valence-corrected chi connectivity index (χ1v) is 8.85. The zero-order valence-electron chi connectivity index (χ0n) is 13.1. The molecule has 8 heteroatoms. The second-order valence-corrected chi connectivity index (χ2v) is 6.87. The third kappa shape index (κ3) is 4.74. The van der Waals surface area contributed by atoms with E-state index in [0.29, 0.717) is 31.6 Å². The topological polar surface area (TPSA) is 78.4 Å². The van der Waals surface area contributed by atoms with Crippen LogP contribution in [0.4, 0.5) is 0 Å². The smallest absolute Gasteiger partial charge is 0.345 e. The first-order valence-electron chi connectivity index (χ1n) is 7.27. The first kappa shape index (κ1) is 18.2. The van der Waals surface area contributed by atoms with Crippen LogP contribution in [0.15, 0.2) is 70.1 Å². The van der Waals surface area contributed by atoms with E-state index < -0.39 is 11.9 Å². The number of esters is 2. The number of rotatable bonds is 4. The van der Waals surface area contributed by atoms with Gasteiger partial charge in [-0.3, -0.25) is 9.97 Å². The van der Waals surface area contributed by atoms with Crippen LogP contribution in [0.5, 0.6) is 11.5 Å². The van der Waals surface area contributed by atoms with E-state index in [1.54, 1.807) is 24.5 Å². The lowest BCUT2D eigenvalue weighted by molar-refractivity contribution is 0.0719. The van der Waals surface area contributed by atoms with Crippen molar-refractivity contribution in [1.82, 2.24) is 9.97 Å². The van der Waals surface area contributed by atoms with Gasteiger partial charge in [0, 0.05) is 33.7 Å². The highest BCUT2D eigenvalue weighted by atomic mass is 79.9. The van der Waals surface area contributed by atoms with Gasteiger partial charge in [-0.2, -0.15) is 0 Å². The summed E-state index contributed by atoms with van der Waals surface area (Å²) in [5.74, 6) is -0.440. The van der Waals surface area contributed by atoms with Crippen molar-refractivity contribution < 1.29 is 19.1 Å². The Morgan fingerprint density at radius 3 is 1.42 bits per heavy atom. The molecular formula is C18H10Br2N2O4. The minimum atomic E-state index is -0.538. The number of carbonyl (C=O) groups is 2. The average molecular weight is 478 g/mol. The summed E-state index contributed by atoms with van der Waals surface area (Å²) < 4.78 is 11.9. The second kappa shape index (κ2) is 8.20. The summed E-state index contributed by atoms with van der Waals surface area (Å²) in [6.07, 6.45) is 5.96. The molecule has 2 heterocycles. The van der Waals surface area contributed by atoms with Gasteiger partial charge >= 0.3 is 11.9 Å². The summed E-state index contributed by atoms with van der Waals surface area (Å²) in [6, 6.07) is 9.35. The Labute approximate surface area is 165 Å². The number of benzene rings is 1. The maximum atomic E-state index is 12.1. The molecule has 0 amide bonds. The number of hydrogen-bond acceptors (Lipinski definition) is 6. The molecule has 0 bridgehead atoms. The van der Waals surface area contributed by atoms with E-state index in [9.17, 15) is 9.59 Å². The highest BCUT2D eigenvalue weighted by Crippen LogP contribution is 2.20. The standard InChI is InChI=1S/C18H10Br2N2O4/c19-13-5-11(7-21-9-13)17(23)25-15-1-2-16(4-3-15)26-18(24)12-6-14(20)10-22-8-12/h1-10H. The molecule has 6 nitrogen and oxygen atoms in total. The molecule has 2 aromatic heterocycles. The van der Waals surface area contributed by atoms with Crippen molar-refractivity contribution in [3.05, 3.63) is 81.3 Å². The number of nitrogens with zero attached hydrogens (tertiary/aromatic N) is 2. The fraction of sp³-hybridized carbons (Fsp3) is 0. The van der Waals surface area contributed by atoms with Crippen LogP contribution in [-0.2, 0) is 0 Å². The molecule has 0 saturated carbocycles. The van der Waals surface area contributed by atoms with Crippen molar-refractivity contribution >= 4 is 43.8 Å². The zero-order chi connectivity index (χ0) is 18.5. The fourth-order valence-corrected chi connectivity index (χ4v) is 2.68. The summed E-state index contributed by atoms with van der Waals surface area (Å²) in [6.45, 7) is 0. The monoisotopic (exact) mass is 476 g/mol. The number of halogens is 2. The number of hydrogen-bond donors (Lipinski definition) is 0. The van der Waals surface area contributed by atoms with E-state index in [-0.39, 0.29) is 0 Å². The molecule has 1 aromatic carbocycles. The van der Waals surface area contributed by atoms with Gasteiger partial charge in [-0.15, -0.1) is 0 Å². The maximum Gasteiger partial charge on any atom is 0.345 e. The summed E-state index contributed by atoms with van der Waals surface area (Å²) in [5, 5.41) is 0. The summed E-state index contributed by atoms with van der Waals surface area (Å²) in [4.78, 5) is 32.0. The molecule has 0 aliphatic rings. The van der Waals surface area contributed by atoms with Crippen LogP contribution in [0, 0.1) is 0 Å². The lowest BCUT2D eigenvalue weighted by atomic mass is 10.3. The van der Waals surface area contributed by atoms with Crippen molar-refractivity contribution in [3.8, 4) is 11.5 Å². The molecule has 3 aromatic rings. The number of aromatic nitrogens is 2. The van der Waals surface area contributed by atoms with Gasteiger partial charge in [-0.1, -0.05) is 0 Å². The number of carbonyl (C=O) groups excluding carboxylic acids is 2. The Morgan fingerprint density at radius 2 is 1.08 bits per heavy atom. The highest BCUT2D eigenvalue weighted by molar-refractivity contribution is 9.10. The van der Waals surface area contributed by atoms with E-state index in [1.807, 2.05) is 0 Å². The van der Waals surface area contributed by atoms with E-state index in [2.05, 4.69) is 41.8 Å². The van der Waals surface area contributed by atoms with E-state index in [1.165, 1.54) is 36.7 Å². The van der Waals surface area contributed by atoms with Gasteiger partial charge in [0.05, 0.1) is 11.1 Å². The lowest BCUT2D eigenvalue weighted by Gasteiger charge is -2.07. The summed E-state index contributed by atoms with van der Waals surface area (Å²) >= 11 is 6.49. The van der Waals surface area contributed by atoms with E-state index in [4.69, 9.17) is 9.47 Å². The minimum Gasteiger partial charge on any atom is -0.423 e. The SMILES string of the molecule is O=C(Oc1ccc(OC(=O)c2cncc(Br)c2)cc1)c1cncc(Br)c1. The van der Waals surface area contributed by atoms with Crippen molar-refractivity contribution in [1.29, 1.82) is 0 Å². The molecule has 0 N–H and O–H groups in total. The Bertz CT molecular complexity index is 883.